The van der Waals surface area contributed by atoms with Crippen molar-refractivity contribution >= 4 is 10.8 Å². The zero-order chi connectivity index (χ0) is 14.3. The normalized spacial score (nSPS) is 26.6. The van der Waals surface area contributed by atoms with E-state index < -0.39 is 0 Å². The first kappa shape index (κ1) is 12.9. The van der Waals surface area contributed by atoms with E-state index in [9.17, 15) is 0 Å². The Kier molecular flexibility index (Phi) is 3.01. The molecule has 2 aliphatic rings. The third-order valence-corrected chi connectivity index (χ3v) is 3.84. The highest BCUT2D eigenvalue weighted by molar-refractivity contribution is 5.93. The van der Waals surface area contributed by atoms with Crippen molar-refractivity contribution in [2.45, 2.75) is 18.6 Å². The summed E-state index contributed by atoms with van der Waals surface area (Å²) in [5.74, 6) is 1.75. The highest BCUT2D eigenvalue weighted by Gasteiger charge is 2.40. The zero-order valence-electron chi connectivity index (χ0n) is 12.0. The van der Waals surface area contributed by atoms with E-state index in [2.05, 4.69) is 19.1 Å². The largest absolute Gasteiger partial charge is 0.490 e. The fourth-order valence-corrected chi connectivity index (χ4v) is 2.29. The lowest BCUT2D eigenvalue weighted by Gasteiger charge is -2.13. The zero-order valence-corrected chi connectivity index (χ0v) is 12.0. The molecular weight excluding hydrogens is 268 g/mol. The SMILES string of the molecule is C[C@]1(COc2cccc3c(OC[C@H]4CO4)cccc23)CO1. The van der Waals surface area contributed by atoms with Crippen molar-refractivity contribution in [2.24, 2.45) is 0 Å². The van der Waals surface area contributed by atoms with Crippen LogP contribution >= 0.6 is 0 Å². The summed E-state index contributed by atoms with van der Waals surface area (Å²) in [6.07, 6.45) is 0.256. The van der Waals surface area contributed by atoms with Gasteiger partial charge in [0.15, 0.2) is 0 Å². The molecule has 21 heavy (non-hydrogen) atoms. The predicted molar refractivity (Wildman–Crippen MR) is 79.0 cm³/mol. The molecular formula is C17H18O4. The first-order valence-electron chi connectivity index (χ1n) is 7.26. The van der Waals surface area contributed by atoms with Gasteiger partial charge < -0.3 is 18.9 Å². The van der Waals surface area contributed by atoms with Gasteiger partial charge in [-0.15, -0.1) is 0 Å². The van der Waals surface area contributed by atoms with Crippen LogP contribution in [0, 0.1) is 0 Å². The quantitative estimate of drug-likeness (QED) is 0.766. The lowest BCUT2D eigenvalue weighted by molar-refractivity contribution is 0.204. The molecule has 0 amide bonds. The van der Waals surface area contributed by atoms with Gasteiger partial charge in [-0.2, -0.15) is 0 Å². The Labute approximate surface area is 123 Å². The summed E-state index contributed by atoms with van der Waals surface area (Å²) in [7, 11) is 0. The molecule has 2 aromatic rings. The van der Waals surface area contributed by atoms with Crippen molar-refractivity contribution in [1.29, 1.82) is 0 Å². The van der Waals surface area contributed by atoms with Crippen LogP contribution in [0.5, 0.6) is 11.5 Å². The minimum Gasteiger partial charge on any atom is -0.490 e. The maximum atomic E-state index is 5.93. The lowest BCUT2D eigenvalue weighted by atomic mass is 10.1. The Balaban J connectivity index is 1.59. The van der Waals surface area contributed by atoms with Crippen molar-refractivity contribution in [3.63, 3.8) is 0 Å². The molecule has 4 nitrogen and oxygen atoms in total. The van der Waals surface area contributed by atoms with Crippen molar-refractivity contribution in [1.82, 2.24) is 0 Å². The molecule has 2 aromatic carbocycles. The number of fused-ring (bicyclic) bond motifs is 1. The molecule has 0 aromatic heterocycles. The molecule has 2 aliphatic heterocycles. The van der Waals surface area contributed by atoms with E-state index in [1.807, 2.05) is 24.3 Å². The van der Waals surface area contributed by atoms with E-state index in [0.717, 1.165) is 35.5 Å². The predicted octanol–water partition coefficient (Wildman–Crippen LogP) is 2.79. The molecule has 0 aliphatic carbocycles. The second-order valence-electron chi connectivity index (χ2n) is 5.90. The van der Waals surface area contributed by atoms with Gasteiger partial charge >= 0.3 is 0 Å². The number of rotatable bonds is 6. The van der Waals surface area contributed by atoms with Crippen LogP contribution in [0.25, 0.3) is 10.8 Å². The molecule has 4 heteroatoms. The van der Waals surface area contributed by atoms with Gasteiger partial charge in [-0.3, -0.25) is 0 Å². The molecule has 2 atom stereocenters. The van der Waals surface area contributed by atoms with Crippen LogP contribution in [0.15, 0.2) is 36.4 Å². The van der Waals surface area contributed by atoms with E-state index in [-0.39, 0.29) is 11.7 Å². The third kappa shape index (κ3) is 2.82. The molecule has 4 rings (SSSR count). The van der Waals surface area contributed by atoms with Crippen LogP contribution in [-0.4, -0.2) is 38.1 Å². The van der Waals surface area contributed by atoms with E-state index in [1.165, 1.54) is 0 Å². The summed E-state index contributed by atoms with van der Waals surface area (Å²) in [4.78, 5) is 0. The first-order valence-corrected chi connectivity index (χ1v) is 7.26. The fraction of sp³-hybridized carbons (Fsp3) is 0.412. The van der Waals surface area contributed by atoms with E-state index in [1.54, 1.807) is 0 Å². The number of hydrogen-bond acceptors (Lipinski definition) is 4. The molecule has 0 bridgehead atoms. The van der Waals surface area contributed by atoms with Crippen molar-refractivity contribution in [2.75, 3.05) is 26.4 Å². The maximum Gasteiger partial charge on any atom is 0.127 e. The number of benzene rings is 2. The monoisotopic (exact) mass is 286 g/mol. The third-order valence-electron chi connectivity index (χ3n) is 3.84. The molecule has 2 saturated heterocycles. The van der Waals surface area contributed by atoms with Gasteiger partial charge in [-0.05, 0) is 19.1 Å². The molecule has 0 radical (unpaired) electrons. The highest BCUT2D eigenvalue weighted by atomic mass is 16.6. The topological polar surface area (TPSA) is 43.5 Å². The minimum atomic E-state index is -0.112. The summed E-state index contributed by atoms with van der Waals surface area (Å²) in [5, 5.41) is 2.13. The van der Waals surface area contributed by atoms with Crippen LogP contribution in [0.2, 0.25) is 0 Å². The van der Waals surface area contributed by atoms with Crippen LogP contribution in [0.1, 0.15) is 6.92 Å². The standard InChI is InChI=1S/C17H18O4/c1-17(11-21-17)10-20-16-7-3-4-13-14(16)5-2-6-15(13)19-9-12-8-18-12/h2-7,12H,8-11H2,1H3/t12-,17+/m1/s1. The highest BCUT2D eigenvalue weighted by Crippen LogP contribution is 2.34. The van der Waals surface area contributed by atoms with Crippen LogP contribution in [0.4, 0.5) is 0 Å². The van der Waals surface area contributed by atoms with Gasteiger partial charge in [-0.1, -0.05) is 24.3 Å². The minimum absolute atomic E-state index is 0.112. The second-order valence-corrected chi connectivity index (χ2v) is 5.90. The average molecular weight is 286 g/mol. The molecule has 0 spiro atoms. The number of hydrogen-bond donors (Lipinski definition) is 0. The van der Waals surface area contributed by atoms with Crippen molar-refractivity contribution in [3.05, 3.63) is 36.4 Å². The van der Waals surface area contributed by atoms with Gasteiger partial charge in [-0.25, -0.2) is 0 Å². The summed E-state index contributed by atoms with van der Waals surface area (Å²) in [5.41, 5.74) is -0.112. The Hall–Kier alpha value is -1.78. The van der Waals surface area contributed by atoms with Gasteiger partial charge in [0.05, 0.1) is 13.2 Å². The van der Waals surface area contributed by atoms with Crippen LogP contribution in [0.3, 0.4) is 0 Å². The number of epoxide rings is 2. The van der Waals surface area contributed by atoms with E-state index in [4.69, 9.17) is 18.9 Å². The van der Waals surface area contributed by atoms with Crippen LogP contribution in [-0.2, 0) is 9.47 Å². The summed E-state index contributed by atoms with van der Waals surface area (Å²) in [6, 6.07) is 12.1. The fourth-order valence-electron chi connectivity index (χ4n) is 2.29. The Morgan fingerprint density at radius 2 is 1.71 bits per heavy atom. The summed E-state index contributed by atoms with van der Waals surface area (Å²) in [6.45, 7) is 4.82. The first-order chi connectivity index (χ1) is 10.2. The molecule has 110 valence electrons. The van der Waals surface area contributed by atoms with E-state index >= 15 is 0 Å². The van der Waals surface area contributed by atoms with Crippen molar-refractivity contribution in [3.8, 4) is 11.5 Å². The smallest absolute Gasteiger partial charge is 0.127 e. The molecule has 0 unspecified atom stereocenters. The van der Waals surface area contributed by atoms with Gasteiger partial charge in [0.1, 0.15) is 36.4 Å². The Bertz CT molecular complexity index is 659. The summed E-state index contributed by atoms with van der Waals surface area (Å²) >= 11 is 0. The van der Waals surface area contributed by atoms with Crippen molar-refractivity contribution < 1.29 is 18.9 Å². The average Bonchev–Trinajstić information content (AvgIpc) is 3.41. The van der Waals surface area contributed by atoms with Gasteiger partial charge in [0.2, 0.25) is 0 Å². The summed E-state index contributed by atoms with van der Waals surface area (Å²) < 4.78 is 22.3. The maximum absolute atomic E-state index is 5.93. The van der Waals surface area contributed by atoms with Gasteiger partial charge in [0.25, 0.3) is 0 Å². The molecule has 0 N–H and O–H groups in total. The molecule has 0 saturated carbocycles. The Morgan fingerprint density at radius 1 is 1.10 bits per heavy atom. The number of ether oxygens (including phenoxy) is 4. The molecule has 2 heterocycles. The van der Waals surface area contributed by atoms with E-state index in [0.29, 0.717) is 13.2 Å². The van der Waals surface area contributed by atoms with Gasteiger partial charge in [0, 0.05) is 10.8 Å². The lowest BCUT2D eigenvalue weighted by Crippen LogP contribution is -2.17. The second kappa shape index (κ2) is 4.90. The molecule has 2 fully saturated rings. The Morgan fingerprint density at radius 3 is 2.29 bits per heavy atom. The van der Waals surface area contributed by atoms with Crippen LogP contribution < -0.4 is 9.47 Å².